The van der Waals surface area contributed by atoms with Gasteiger partial charge in [0.1, 0.15) is 0 Å². The normalized spacial score (nSPS) is 15.3. The minimum atomic E-state index is 1.09. The molecule has 1 aromatic heterocycles. The van der Waals surface area contributed by atoms with Crippen LogP contribution < -0.4 is 0 Å². The van der Waals surface area contributed by atoms with E-state index < -0.39 is 0 Å². The van der Waals surface area contributed by atoms with Gasteiger partial charge in [-0.25, -0.2) is 0 Å². The van der Waals surface area contributed by atoms with Crippen LogP contribution in [0.2, 0.25) is 0 Å². The predicted molar refractivity (Wildman–Crippen MR) is 65.6 cm³/mol. The van der Waals surface area contributed by atoms with Gasteiger partial charge in [0, 0.05) is 16.0 Å². The van der Waals surface area contributed by atoms with Crippen LogP contribution in [0.5, 0.6) is 0 Å². The van der Waals surface area contributed by atoms with Gasteiger partial charge in [0.05, 0.1) is 5.52 Å². The van der Waals surface area contributed by atoms with Gasteiger partial charge in [0.2, 0.25) is 0 Å². The molecule has 0 unspecified atom stereocenters. The number of rotatable bonds is 0. The van der Waals surface area contributed by atoms with Crippen molar-refractivity contribution in [1.82, 2.24) is 4.98 Å². The minimum absolute atomic E-state index is 1.09. The summed E-state index contributed by atoms with van der Waals surface area (Å²) >= 11 is 4.66. The van der Waals surface area contributed by atoms with Crippen molar-refractivity contribution in [2.45, 2.75) is 30.6 Å². The molecule has 15 heavy (non-hydrogen) atoms. The van der Waals surface area contributed by atoms with Crippen molar-refractivity contribution in [3.63, 3.8) is 0 Å². The van der Waals surface area contributed by atoms with E-state index in [1.54, 1.807) is 0 Å². The first kappa shape index (κ1) is 9.22. The summed E-state index contributed by atoms with van der Waals surface area (Å²) in [6.45, 7) is 0. The van der Waals surface area contributed by atoms with Gasteiger partial charge in [-0.05, 0) is 37.3 Å². The van der Waals surface area contributed by atoms with Crippen LogP contribution in [0.4, 0.5) is 0 Å². The maximum absolute atomic E-state index is 4.73. The number of thiol groups is 1. The van der Waals surface area contributed by atoms with Crippen LogP contribution in [0, 0.1) is 0 Å². The molecule has 0 aliphatic heterocycles. The fourth-order valence-corrected chi connectivity index (χ4v) is 2.78. The summed E-state index contributed by atoms with van der Waals surface area (Å²) in [6, 6.07) is 8.28. The highest BCUT2D eigenvalue weighted by atomic mass is 32.1. The lowest BCUT2D eigenvalue weighted by molar-refractivity contribution is 0.662. The molecule has 2 heteroatoms. The fourth-order valence-electron chi connectivity index (χ4n) is 2.35. The number of hydrogen-bond donors (Lipinski definition) is 1. The van der Waals surface area contributed by atoms with Gasteiger partial charge < -0.3 is 0 Å². The second-order valence-electron chi connectivity index (χ2n) is 4.11. The molecule has 1 aliphatic carbocycles. The molecule has 0 bridgehead atoms. The molecule has 1 nitrogen and oxygen atoms in total. The maximum Gasteiger partial charge on any atom is 0.0716 e. The first-order chi connectivity index (χ1) is 7.36. The Balaban J connectivity index is 2.36. The van der Waals surface area contributed by atoms with Crippen LogP contribution in [-0.4, -0.2) is 4.98 Å². The van der Waals surface area contributed by atoms with Gasteiger partial charge in [-0.2, -0.15) is 0 Å². The van der Waals surface area contributed by atoms with Crippen LogP contribution in [0.1, 0.15) is 24.1 Å². The number of nitrogens with zero attached hydrogens (tertiary/aromatic N) is 1. The predicted octanol–water partition coefficient (Wildman–Crippen LogP) is 3.40. The van der Waals surface area contributed by atoms with Crippen LogP contribution in [-0.2, 0) is 12.8 Å². The molecular formula is C13H13NS. The molecule has 0 radical (unpaired) electrons. The Morgan fingerprint density at radius 2 is 1.87 bits per heavy atom. The third-order valence-corrected chi connectivity index (χ3v) is 3.65. The lowest BCUT2D eigenvalue weighted by Crippen LogP contribution is -2.06. The van der Waals surface area contributed by atoms with E-state index in [0.717, 1.165) is 23.3 Å². The van der Waals surface area contributed by atoms with Crippen LogP contribution >= 0.6 is 12.6 Å². The molecule has 2 aromatic rings. The van der Waals surface area contributed by atoms with E-state index in [0.29, 0.717) is 0 Å². The summed E-state index contributed by atoms with van der Waals surface area (Å²) in [5, 5.41) is 1.20. The SMILES string of the molecule is Sc1c2c(nc3ccccc13)CCCC2. The number of hydrogen-bond acceptors (Lipinski definition) is 2. The Hall–Kier alpha value is -1.02. The molecule has 76 valence electrons. The molecule has 0 saturated heterocycles. The van der Waals surface area contributed by atoms with Crippen LogP contribution in [0.25, 0.3) is 10.9 Å². The van der Waals surface area contributed by atoms with Crippen molar-refractivity contribution in [2.24, 2.45) is 0 Å². The van der Waals surface area contributed by atoms with Crippen molar-refractivity contribution in [2.75, 3.05) is 0 Å². The summed E-state index contributed by atoms with van der Waals surface area (Å²) < 4.78 is 0. The zero-order valence-electron chi connectivity index (χ0n) is 8.53. The molecular weight excluding hydrogens is 202 g/mol. The Kier molecular flexibility index (Phi) is 2.17. The number of fused-ring (bicyclic) bond motifs is 2. The molecule has 3 rings (SSSR count). The zero-order valence-corrected chi connectivity index (χ0v) is 9.43. The van der Waals surface area contributed by atoms with Crippen molar-refractivity contribution >= 4 is 23.5 Å². The Bertz CT molecular complexity index is 519. The van der Waals surface area contributed by atoms with Crippen LogP contribution in [0.15, 0.2) is 29.2 Å². The Morgan fingerprint density at radius 3 is 2.80 bits per heavy atom. The van der Waals surface area contributed by atoms with Gasteiger partial charge >= 0.3 is 0 Å². The molecule has 0 amide bonds. The van der Waals surface area contributed by atoms with E-state index in [9.17, 15) is 0 Å². The molecule has 0 atom stereocenters. The first-order valence-corrected chi connectivity index (χ1v) is 5.90. The number of para-hydroxylation sites is 1. The molecule has 1 heterocycles. The highest BCUT2D eigenvalue weighted by Crippen LogP contribution is 2.31. The van der Waals surface area contributed by atoms with Crippen molar-refractivity contribution < 1.29 is 0 Å². The van der Waals surface area contributed by atoms with Gasteiger partial charge in [-0.1, -0.05) is 18.2 Å². The van der Waals surface area contributed by atoms with E-state index in [1.807, 2.05) is 6.07 Å². The number of aromatic nitrogens is 1. The average Bonchev–Trinajstić information content (AvgIpc) is 2.30. The van der Waals surface area contributed by atoms with E-state index >= 15 is 0 Å². The van der Waals surface area contributed by atoms with E-state index in [1.165, 1.54) is 29.5 Å². The number of pyridine rings is 1. The summed E-state index contributed by atoms with van der Waals surface area (Å²) in [6.07, 6.45) is 4.81. The Labute approximate surface area is 94.9 Å². The molecule has 0 N–H and O–H groups in total. The third-order valence-electron chi connectivity index (χ3n) is 3.14. The van der Waals surface area contributed by atoms with Crippen molar-refractivity contribution in [1.29, 1.82) is 0 Å². The lowest BCUT2D eigenvalue weighted by Gasteiger charge is -2.18. The van der Waals surface area contributed by atoms with Crippen molar-refractivity contribution in [3.05, 3.63) is 35.5 Å². The van der Waals surface area contributed by atoms with Crippen molar-refractivity contribution in [3.8, 4) is 0 Å². The summed E-state index contributed by atoms with van der Waals surface area (Å²) in [5.41, 5.74) is 3.73. The first-order valence-electron chi connectivity index (χ1n) is 5.46. The second kappa shape index (κ2) is 3.53. The zero-order chi connectivity index (χ0) is 10.3. The average molecular weight is 215 g/mol. The quantitative estimate of drug-likeness (QED) is 0.665. The highest BCUT2D eigenvalue weighted by Gasteiger charge is 2.15. The topological polar surface area (TPSA) is 12.9 Å². The molecule has 1 aromatic carbocycles. The minimum Gasteiger partial charge on any atom is -0.252 e. The Morgan fingerprint density at radius 1 is 1.07 bits per heavy atom. The standard InChI is InChI=1S/C13H13NS/c15-13-9-5-1-3-7-11(9)14-12-8-4-2-6-10(12)13/h1,3,5,7H,2,4,6,8H2,(H,14,15). The van der Waals surface area contributed by atoms with Gasteiger partial charge in [-0.3, -0.25) is 4.98 Å². The fraction of sp³-hybridized carbons (Fsp3) is 0.308. The molecule has 0 fully saturated rings. The van der Waals surface area contributed by atoms with Gasteiger partial charge in [0.15, 0.2) is 0 Å². The molecule has 0 saturated carbocycles. The van der Waals surface area contributed by atoms with Gasteiger partial charge in [0.25, 0.3) is 0 Å². The molecule has 1 aliphatic rings. The van der Waals surface area contributed by atoms with E-state index in [4.69, 9.17) is 4.98 Å². The number of aryl methyl sites for hydroxylation is 1. The largest absolute Gasteiger partial charge is 0.252 e. The smallest absolute Gasteiger partial charge is 0.0716 e. The lowest BCUT2D eigenvalue weighted by atomic mass is 9.94. The monoisotopic (exact) mass is 215 g/mol. The van der Waals surface area contributed by atoms with Gasteiger partial charge in [-0.15, -0.1) is 12.6 Å². The van der Waals surface area contributed by atoms with Crippen LogP contribution in [0.3, 0.4) is 0 Å². The summed E-state index contributed by atoms with van der Waals surface area (Å²) in [5.74, 6) is 0. The number of benzene rings is 1. The second-order valence-corrected chi connectivity index (χ2v) is 4.56. The summed E-state index contributed by atoms with van der Waals surface area (Å²) in [7, 11) is 0. The van der Waals surface area contributed by atoms with E-state index in [2.05, 4.69) is 30.8 Å². The molecule has 0 spiro atoms. The maximum atomic E-state index is 4.73. The summed E-state index contributed by atoms with van der Waals surface area (Å²) in [4.78, 5) is 5.88. The highest BCUT2D eigenvalue weighted by molar-refractivity contribution is 7.80. The third kappa shape index (κ3) is 1.44. The van der Waals surface area contributed by atoms with E-state index in [-0.39, 0.29) is 0 Å².